The molecule has 0 N–H and O–H groups in total. The molecule has 2 nitrogen and oxygen atoms in total. The molecule has 0 amide bonds. The van der Waals surface area contributed by atoms with Gasteiger partial charge in [-0.2, -0.15) is 0 Å². The Balaban J connectivity index is 0.000000122. The molecule has 48 valence electrons. The van der Waals surface area contributed by atoms with Crippen LogP contribution in [0.3, 0.4) is 0 Å². The van der Waals surface area contributed by atoms with E-state index in [0.29, 0.717) is 6.47 Å². The molecule has 1 aliphatic rings. The average Bonchev–Trinajstić information content (AvgIpc) is 2.52. The number of carbonyl (C=O) groups excluding carboxylic acids is 1. The summed E-state index contributed by atoms with van der Waals surface area (Å²) in [7, 11) is 1.31. The van der Waals surface area contributed by atoms with E-state index in [1.54, 1.807) is 0 Å². The number of methoxy groups -OCH3 is 1. The highest BCUT2D eigenvalue weighted by atomic mass is 79.9. The molecule has 0 aromatic heterocycles. The van der Waals surface area contributed by atoms with E-state index in [2.05, 4.69) is 20.7 Å². The molecule has 0 saturated heterocycles. The van der Waals surface area contributed by atoms with E-state index in [1.807, 2.05) is 0 Å². The Kier molecular flexibility index (Phi) is 5.06. The molecule has 0 atom stereocenters. The van der Waals surface area contributed by atoms with E-state index in [-0.39, 0.29) is 0 Å². The van der Waals surface area contributed by atoms with Crippen molar-refractivity contribution in [3.05, 3.63) is 0 Å². The molecule has 0 radical (unpaired) electrons. The zero-order valence-electron chi connectivity index (χ0n) is 4.76. The Bertz CT molecular complexity index is 61.4. The maximum Gasteiger partial charge on any atom is 0.292 e. The Labute approximate surface area is 57.3 Å². The first-order chi connectivity index (χ1) is 3.81. The molecule has 1 saturated carbocycles. The topological polar surface area (TPSA) is 26.3 Å². The molecular formula is C5H9BrO2. The minimum absolute atomic E-state index is 0.375. The minimum Gasteiger partial charge on any atom is -0.471 e. The summed E-state index contributed by atoms with van der Waals surface area (Å²) in [6.45, 7) is 0.375. The normalized spacial score (nSPS) is 15.8. The SMILES string of the molecule is BrC1CC1.COC=O. The lowest BCUT2D eigenvalue weighted by molar-refractivity contribution is -0.126. The molecule has 0 aromatic rings. The van der Waals surface area contributed by atoms with Crippen LogP contribution in [0.1, 0.15) is 12.8 Å². The van der Waals surface area contributed by atoms with Gasteiger partial charge < -0.3 is 4.74 Å². The van der Waals surface area contributed by atoms with Gasteiger partial charge in [0.1, 0.15) is 0 Å². The van der Waals surface area contributed by atoms with Crippen molar-refractivity contribution in [3.8, 4) is 0 Å². The number of halogens is 1. The zero-order valence-corrected chi connectivity index (χ0v) is 6.35. The Morgan fingerprint density at radius 1 is 1.75 bits per heavy atom. The highest BCUT2D eigenvalue weighted by Gasteiger charge is 2.15. The summed E-state index contributed by atoms with van der Waals surface area (Å²) < 4.78 is 3.86. The predicted molar refractivity (Wildman–Crippen MR) is 35.0 cm³/mol. The summed E-state index contributed by atoms with van der Waals surface area (Å²) in [5.74, 6) is 0. The van der Waals surface area contributed by atoms with Crippen molar-refractivity contribution < 1.29 is 9.53 Å². The number of hydrogen-bond acceptors (Lipinski definition) is 2. The van der Waals surface area contributed by atoms with Crippen LogP contribution in [0.5, 0.6) is 0 Å². The summed E-state index contributed by atoms with van der Waals surface area (Å²) in [4.78, 5) is 9.85. The summed E-state index contributed by atoms with van der Waals surface area (Å²) in [6, 6.07) is 0. The summed E-state index contributed by atoms with van der Waals surface area (Å²) >= 11 is 3.38. The van der Waals surface area contributed by atoms with Crippen LogP contribution in [-0.2, 0) is 9.53 Å². The van der Waals surface area contributed by atoms with Gasteiger partial charge in [0.15, 0.2) is 0 Å². The standard InChI is InChI=1S/C3H5Br.C2H4O2/c4-3-1-2-3;1-4-2-3/h3H,1-2H2;2H,1H3. The monoisotopic (exact) mass is 180 g/mol. The van der Waals surface area contributed by atoms with Crippen LogP contribution in [0, 0.1) is 0 Å². The van der Waals surface area contributed by atoms with Crippen molar-refractivity contribution >= 4 is 22.4 Å². The second-order valence-corrected chi connectivity index (χ2v) is 2.80. The van der Waals surface area contributed by atoms with Crippen LogP contribution in [0.2, 0.25) is 0 Å². The molecule has 1 rings (SSSR count). The maximum atomic E-state index is 8.95. The van der Waals surface area contributed by atoms with Crippen LogP contribution in [0.4, 0.5) is 0 Å². The zero-order chi connectivity index (χ0) is 6.41. The lowest BCUT2D eigenvalue weighted by Gasteiger charge is -1.67. The number of alkyl halides is 1. The number of ether oxygens (including phenoxy) is 1. The predicted octanol–water partition coefficient (Wildman–Crippen LogP) is 1.33. The van der Waals surface area contributed by atoms with Crippen molar-refractivity contribution in [3.63, 3.8) is 0 Å². The van der Waals surface area contributed by atoms with E-state index in [9.17, 15) is 0 Å². The molecule has 0 aliphatic heterocycles. The maximum absolute atomic E-state index is 8.95. The molecule has 0 aromatic carbocycles. The van der Waals surface area contributed by atoms with Crippen molar-refractivity contribution in [2.45, 2.75) is 17.7 Å². The molecule has 1 fully saturated rings. The third-order valence-electron chi connectivity index (χ3n) is 0.603. The first-order valence-corrected chi connectivity index (χ1v) is 3.33. The smallest absolute Gasteiger partial charge is 0.292 e. The summed E-state index contributed by atoms with van der Waals surface area (Å²) in [5, 5.41) is 0. The van der Waals surface area contributed by atoms with E-state index in [0.717, 1.165) is 4.83 Å². The molecule has 0 bridgehead atoms. The highest BCUT2D eigenvalue weighted by Crippen LogP contribution is 2.27. The van der Waals surface area contributed by atoms with Gasteiger partial charge in [0.2, 0.25) is 0 Å². The van der Waals surface area contributed by atoms with Crippen molar-refractivity contribution in [1.82, 2.24) is 0 Å². The third kappa shape index (κ3) is 9.34. The van der Waals surface area contributed by atoms with Gasteiger partial charge in [0.25, 0.3) is 6.47 Å². The minimum atomic E-state index is 0.375. The second kappa shape index (κ2) is 5.09. The Hall–Kier alpha value is -0.0500. The van der Waals surface area contributed by atoms with Gasteiger partial charge in [-0.3, -0.25) is 4.79 Å². The van der Waals surface area contributed by atoms with Crippen molar-refractivity contribution in [2.24, 2.45) is 0 Å². The van der Waals surface area contributed by atoms with Gasteiger partial charge in [-0.25, -0.2) is 0 Å². The van der Waals surface area contributed by atoms with E-state index < -0.39 is 0 Å². The van der Waals surface area contributed by atoms with Gasteiger partial charge in [-0.15, -0.1) is 0 Å². The van der Waals surface area contributed by atoms with Gasteiger partial charge in [0.05, 0.1) is 7.11 Å². The fourth-order valence-corrected chi connectivity index (χ4v) is 0.327. The molecule has 8 heavy (non-hydrogen) atoms. The Morgan fingerprint density at radius 2 is 2.00 bits per heavy atom. The second-order valence-electron chi connectivity index (χ2n) is 1.51. The van der Waals surface area contributed by atoms with Crippen LogP contribution in [0.15, 0.2) is 0 Å². The first kappa shape index (κ1) is 7.95. The van der Waals surface area contributed by atoms with E-state index in [4.69, 9.17) is 4.79 Å². The van der Waals surface area contributed by atoms with E-state index in [1.165, 1.54) is 20.0 Å². The van der Waals surface area contributed by atoms with Crippen LogP contribution >= 0.6 is 15.9 Å². The number of hydrogen-bond donors (Lipinski definition) is 0. The van der Waals surface area contributed by atoms with Gasteiger partial charge in [0, 0.05) is 4.83 Å². The van der Waals surface area contributed by atoms with Crippen LogP contribution in [0.25, 0.3) is 0 Å². The molecule has 0 heterocycles. The van der Waals surface area contributed by atoms with Crippen LogP contribution < -0.4 is 0 Å². The molecular weight excluding hydrogens is 172 g/mol. The average molecular weight is 181 g/mol. The fourth-order valence-electron chi connectivity index (χ4n) is 0.0630. The van der Waals surface area contributed by atoms with Crippen molar-refractivity contribution in [1.29, 1.82) is 0 Å². The number of rotatable bonds is 1. The van der Waals surface area contributed by atoms with Gasteiger partial charge in [-0.1, -0.05) is 15.9 Å². The van der Waals surface area contributed by atoms with E-state index >= 15 is 0 Å². The highest BCUT2D eigenvalue weighted by molar-refractivity contribution is 9.09. The molecule has 1 aliphatic carbocycles. The molecule has 0 spiro atoms. The first-order valence-electron chi connectivity index (χ1n) is 2.41. The third-order valence-corrected chi connectivity index (χ3v) is 1.52. The summed E-state index contributed by atoms with van der Waals surface area (Å²) in [5.41, 5.74) is 0. The largest absolute Gasteiger partial charge is 0.471 e. The van der Waals surface area contributed by atoms with Gasteiger partial charge in [-0.05, 0) is 12.8 Å². The van der Waals surface area contributed by atoms with Gasteiger partial charge >= 0.3 is 0 Å². The van der Waals surface area contributed by atoms with Crippen molar-refractivity contribution in [2.75, 3.05) is 7.11 Å². The summed E-state index contributed by atoms with van der Waals surface area (Å²) in [6.07, 6.45) is 2.81. The lowest BCUT2D eigenvalue weighted by atomic mass is 11.0. The quantitative estimate of drug-likeness (QED) is 0.450. The molecule has 3 heteroatoms. The Morgan fingerprint density at radius 3 is 2.00 bits per heavy atom. The molecule has 0 unspecified atom stereocenters. The van der Waals surface area contributed by atoms with Crippen LogP contribution in [-0.4, -0.2) is 18.4 Å². The number of carbonyl (C=O) groups is 1. The lowest BCUT2D eigenvalue weighted by Crippen LogP contribution is -1.68. The fraction of sp³-hybridized carbons (Fsp3) is 0.800.